The van der Waals surface area contributed by atoms with Gasteiger partial charge in [-0.25, -0.2) is 4.39 Å². The van der Waals surface area contributed by atoms with Crippen LogP contribution in [-0.4, -0.2) is 37.0 Å². The molecule has 3 nitrogen and oxygen atoms in total. The van der Waals surface area contributed by atoms with Crippen molar-refractivity contribution in [3.63, 3.8) is 0 Å². The standard InChI is InChI=1S/C18H27FN2O/c1-4-20-13-14-9-11-21(12-10-14)17(22)18(2,3)15-5-7-16(19)8-6-15/h5-8,14,20H,4,9-13H2,1-3H3. The van der Waals surface area contributed by atoms with E-state index in [-0.39, 0.29) is 11.7 Å². The van der Waals surface area contributed by atoms with Gasteiger partial charge < -0.3 is 10.2 Å². The average Bonchev–Trinajstić information content (AvgIpc) is 2.53. The lowest BCUT2D eigenvalue weighted by Crippen LogP contribution is -2.47. The van der Waals surface area contributed by atoms with Gasteiger partial charge in [0.25, 0.3) is 0 Å². The maximum absolute atomic E-state index is 13.1. The van der Waals surface area contributed by atoms with Gasteiger partial charge in [0.15, 0.2) is 0 Å². The number of nitrogens with zero attached hydrogens (tertiary/aromatic N) is 1. The average molecular weight is 306 g/mol. The molecule has 2 rings (SSSR count). The quantitative estimate of drug-likeness (QED) is 0.907. The number of carbonyl (C=O) groups excluding carboxylic acids is 1. The van der Waals surface area contributed by atoms with Crippen LogP contribution in [0.4, 0.5) is 4.39 Å². The smallest absolute Gasteiger partial charge is 0.232 e. The Bertz CT molecular complexity index is 490. The highest BCUT2D eigenvalue weighted by atomic mass is 19.1. The van der Waals surface area contributed by atoms with E-state index in [2.05, 4.69) is 12.2 Å². The van der Waals surface area contributed by atoms with E-state index in [9.17, 15) is 9.18 Å². The fourth-order valence-corrected chi connectivity index (χ4v) is 3.07. The van der Waals surface area contributed by atoms with E-state index in [0.29, 0.717) is 5.92 Å². The Balaban J connectivity index is 1.98. The Hall–Kier alpha value is -1.42. The molecule has 22 heavy (non-hydrogen) atoms. The number of likely N-dealkylation sites (tertiary alicyclic amines) is 1. The molecule has 0 aliphatic carbocycles. The molecule has 0 aromatic heterocycles. The van der Waals surface area contributed by atoms with Gasteiger partial charge in [0.1, 0.15) is 5.82 Å². The summed E-state index contributed by atoms with van der Waals surface area (Å²) in [5, 5.41) is 3.38. The van der Waals surface area contributed by atoms with Crippen molar-refractivity contribution in [1.82, 2.24) is 10.2 Å². The van der Waals surface area contributed by atoms with Gasteiger partial charge in [-0.3, -0.25) is 4.79 Å². The second kappa shape index (κ2) is 7.23. The van der Waals surface area contributed by atoms with Gasteiger partial charge in [-0.05, 0) is 63.4 Å². The molecule has 0 bridgehead atoms. The van der Waals surface area contributed by atoms with Crippen molar-refractivity contribution in [3.05, 3.63) is 35.6 Å². The number of piperidine rings is 1. The molecule has 1 N–H and O–H groups in total. The first-order valence-corrected chi connectivity index (χ1v) is 8.21. The van der Waals surface area contributed by atoms with E-state index in [1.807, 2.05) is 18.7 Å². The number of halogens is 1. The minimum absolute atomic E-state index is 0.140. The van der Waals surface area contributed by atoms with Gasteiger partial charge >= 0.3 is 0 Å². The minimum atomic E-state index is -0.609. The van der Waals surface area contributed by atoms with Crippen LogP contribution in [0.25, 0.3) is 0 Å². The lowest BCUT2D eigenvalue weighted by Gasteiger charge is -2.37. The third-order valence-corrected chi connectivity index (χ3v) is 4.69. The first-order chi connectivity index (χ1) is 10.4. The predicted molar refractivity (Wildman–Crippen MR) is 87.3 cm³/mol. The van der Waals surface area contributed by atoms with Crippen LogP contribution in [0.15, 0.2) is 24.3 Å². The van der Waals surface area contributed by atoms with Crippen molar-refractivity contribution >= 4 is 5.91 Å². The molecule has 1 heterocycles. The Labute approximate surface area is 132 Å². The Morgan fingerprint density at radius 2 is 1.86 bits per heavy atom. The molecular formula is C18H27FN2O. The summed E-state index contributed by atoms with van der Waals surface area (Å²) >= 11 is 0. The largest absolute Gasteiger partial charge is 0.342 e. The lowest BCUT2D eigenvalue weighted by atomic mass is 9.82. The van der Waals surface area contributed by atoms with Crippen LogP contribution >= 0.6 is 0 Å². The summed E-state index contributed by atoms with van der Waals surface area (Å²) < 4.78 is 13.1. The zero-order valence-electron chi connectivity index (χ0n) is 13.9. The molecule has 1 aromatic rings. The second-order valence-corrected chi connectivity index (χ2v) is 6.68. The van der Waals surface area contributed by atoms with Crippen molar-refractivity contribution < 1.29 is 9.18 Å². The number of carbonyl (C=O) groups is 1. The van der Waals surface area contributed by atoms with Crippen LogP contribution in [-0.2, 0) is 10.2 Å². The van der Waals surface area contributed by atoms with E-state index < -0.39 is 5.41 Å². The van der Waals surface area contributed by atoms with Gasteiger partial charge in [0.2, 0.25) is 5.91 Å². The zero-order valence-corrected chi connectivity index (χ0v) is 13.9. The molecule has 1 aliphatic heterocycles. The van der Waals surface area contributed by atoms with Crippen molar-refractivity contribution in [1.29, 1.82) is 0 Å². The first-order valence-electron chi connectivity index (χ1n) is 8.21. The first kappa shape index (κ1) is 16.9. The lowest BCUT2D eigenvalue weighted by molar-refractivity contribution is -0.137. The molecule has 0 saturated carbocycles. The van der Waals surface area contributed by atoms with E-state index in [4.69, 9.17) is 0 Å². The van der Waals surface area contributed by atoms with Crippen LogP contribution in [0.3, 0.4) is 0 Å². The van der Waals surface area contributed by atoms with Crippen molar-refractivity contribution in [2.45, 2.75) is 39.0 Å². The highest BCUT2D eigenvalue weighted by molar-refractivity contribution is 5.87. The fraction of sp³-hybridized carbons (Fsp3) is 0.611. The van der Waals surface area contributed by atoms with Crippen LogP contribution < -0.4 is 5.32 Å². The number of nitrogens with one attached hydrogen (secondary N) is 1. The van der Waals surface area contributed by atoms with E-state index in [1.54, 1.807) is 12.1 Å². The monoisotopic (exact) mass is 306 g/mol. The van der Waals surface area contributed by atoms with Crippen molar-refractivity contribution in [2.24, 2.45) is 5.92 Å². The minimum Gasteiger partial charge on any atom is -0.342 e. The molecule has 0 radical (unpaired) electrons. The summed E-state index contributed by atoms with van der Waals surface area (Å²) in [7, 11) is 0. The van der Waals surface area contributed by atoms with Crippen LogP contribution in [0.5, 0.6) is 0 Å². The predicted octanol–water partition coefficient (Wildman–Crippen LogP) is 2.95. The molecule has 0 unspecified atom stereocenters. The SMILES string of the molecule is CCNCC1CCN(C(=O)C(C)(C)c2ccc(F)cc2)CC1. The normalized spacial score (nSPS) is 16.8. The molecule has 0 spiro atoms. The van der Waals surface area contributed by atoms with Gasteiger partial charge in [-0.15, -0.1) is 0 Å². The Morgan fingerprint density at radius 3 is 2.41 bits per heavy atom. The summed E-state index contributed by atoms with van der Waals surface area (Å²) in [4.78, 5) is 14.8. The molecule has 1 aromatic carbocycles. The molecule has 1 amide bonds. The maximum atomic E-state index is 13.1. The number of amides is 1. The number of rotatable bonds is 5. The van der Waals surface area contributed by atoms with Crippen molar-refractivity contribution in [3.8, 4) is 0 Å². The summed E-state index contributed by atoms with van der Waals surface area (Å²) in [6.07, 6.45) is 2.11. The molecule has 122 valence electrons. The third kappa shape index (κ3) is 3.86. The number of hydrogen-bond acceptors (Lipinski definition) is 2. The Morgan fingerprint density at radius 1 is 1.27 bits per heavy atom. The van der Waals surface area contributed by atoms with Gasteiger partial charge in [-0.1, -0.05) is 19.1 Å². The van der Waals surface area contributed by atoms with E-state index in [0.717, 1.165) is 44.6 Å². The zero-order chi connectivity index (χ0) is 16.2. The van der Waals surface area contributed by atoms with E-state index >= 15 is 0 Å². The number of benzene rings is 1. The van der Waals surface area contributed by atoms with Crippen LogP contribution in [0.1, 0.15) is 39.2 Å². The van der Waals surface area contributed by atoms with Gasteiger partial charge in [-0.2, -0.15) is 0 Å². The summed E-state index contributed by atoms with van der Waals surface area (Å²) in [6, 6.07) is 6.27. The third-order valence-electron chi connectivity index (χ3n) is 4.69. The highest BCUT2D eigenvalue weighted by Crippen LogP contribution is 2.28. The highest BCUT2D eigenvalue weighted by Gasteiger charge is 2.35. The van der Waals surface area contributed by atoms with Gasteiger partial charge in [0.05, 0.1) is 5.41 Å². The number of hydrogen-bond donors (Lipinski definition) is 1. The fourth-order valence-electron chi connectivity index (χ4n) is 3.07. The maximum Gasteiger partial charge on any atom is 0.232 e. The van der Waals surface area contributed by atoms with E-state index in [1.165, 1.54) is 12.1 Å². The molecular weight excluding hydrogens is 279 g/mol. The van der Waals surface area contributed by atoms with Gasteiger partial charge in [0, 0.05) is 13.1 Å². The molecule has 1 saturated heterocycles. The second-order valence-electron chi connectivity index (χ2n) is 6.68. The topological polar surface area (TPSA) is 32.3 Å². The van der Waals surface area contributed by atoms with Crippen molar-refractivity contribution in [2.75, 3.05) is 26.2 Å². The summed E-state index contributed by atoms with van der Waals surface area (Å²) in [5.74, 6) is 0.537. The molecule has 4 heteroatoms. The molecule has 0 atom stereocenters. The Kier molecular flexibility index (Phi) is 5.57. The summed E-state index contributed by atoms with van der Waals surface area (Å²) in [6.45, 7) is 9.64. The molecule has 1 aliphatic rings. The summed E-state index contributed by atoms with van der Waals surface area (Å²) in [5.41, 5.74) is 0.260. The molecule has 1 fully saturated rings. The van der Waals surface area contributed by atoms with Crippen LogP contribution in [0.2, 0.25) is 0 Å². The van der Waals surface area contributed by atoms with Crippen LogP contribution in [0, 0.1) is 11.7 Å².